The summed E-state index contributed by atoms with van der Waals surface area (Å²) in [7, 11) is 0. The van der Waals surface area contributed by atoms with E-state index in [1.54, 1.807) is 5.57 Å². The Bertz CT molecular complexity index is 499. The van der Waals surface area contributed by atoms with Crippen molar-refractivity contribution >= 4 is 0 Å². The molecule has 1 aromatic rings. The number of hydrogen-bond acceptors (Lipinski definition) is 3. The molecular weight excluding hydrogens is 260 g/mol. The van der Waals surface area contributed by atoms with Gasteiger partial charge < -0.3 is 10.1 Å². The molecule has 0 bridgehead atoms. The van der Waals surface area contributed by atoms with Gasteiger partial charge in [0.2, 0.25) is 0 Å². The third-order valence-electron chi connectivity index (χ3n) is 3.97. The lowest BCUT2D eigenvalue weighted by molar-refractivity contribution is 0.368. The first-order valence-electron chi connectivity index (χ1n) is 7.80. The molecule has 1 aliphatic rings. The summed E-state index contributed by atoms with van der Waals surface area (Å²) in [6.45, 7) is 3.31. The first-order valence-corrected chi connectivity index (χ1v) is 7.80. The lowest BCUT2D eigenvalue weighted by Gasteiger charge is -2.17. The molecule has 21 heavy (non-hydrogen) atoms. The fourth-order valence-corrected chi connectivity index (χ4v) is 2.67. The van der Waals surface area contributed by atoms with Gasteiger partial charge in [0.15, 0.2) is 6.61 Å². The minimum atomic E-state index is 0.0995. The molecule has 0 aromatic heterocycles. The summed E-state index contributed by atoms with van der Waals surface area (Å²) < 4.78 is 5.26. The summed E-state index contributed by atoms with van der Waals surface area (Å²) >= 11 is 0. The topological polar surface area (TPSA) is 45.0 Å². The Hall–Kier alpha value is -1.79. The second-order valence-electron chi connectivity index (χ2n) is 5.55. The SMILES string of the molecule is CC(NCCC1=CCCCC1)c1ccc(OCC#N)cc1. The van der Waals surface area contributed by atoms with Gasteiger partial charge in [0.1, 0.15) is 11.8 Å². The Morgan fingerprint density at radius 1 is 1.29 bits per heavy atom. The summed E-state index contributed by atoms with van der Waals surface area (Å²) in [4.78, 5) is 0. The zero-order valence-electron chi connectivity index (χ0n) is 12.8. The molecular formula is C18H24N2O. The third-order valence-corrected chi connectivity index (χ3v) is 3.97. The molecule has 112 valence electrons. The van der Waals surface area contributed by atoms with Gasteiger partial charge in [0.25, 0.3) is 0 Å². The van der Waals surface area contributed by atoms with Crippen molar-refractivity contribution in [2.75, 3.05) is 13.2 Å². The standard InChI is InChI=1S/C18H24N2O/c1-15(20-13-11-16-5-3-2-4-6-16)17-7-9-18(10-8-17)21-14-12-19/h5,7-10,15,20H,2-4,6,11,13-14H2,1H3. The number of nitrogens with zero attached hydrogens (tertiary/aromatic N) is 1. The van der Waals surface area contributed by atoms with Crippen LogP contribution < -0.4 is 10.1 Å². The zero-order valence-corrected chi connectivity index (χ0v) is 12.8. The summed E-state index contributed by atoms with van der Waals surface area (Å²) in [6.07, 6.45) is 8.82. The number of rotatable bonds is 7. The Morgan fingerprint density at radius 2 is 2.10 bits per heavy atom. The molecule has 0 fully saturated rings. The van der Waals surface area contributed by atoms with Crippen molar-refractivity contribution in [3.05, 3.63) is 41.5 Å². The first kappa shape index (κ1) is 15.6. The minimum Gasteiger partial charge on any atom is -0.479 e. The molecule has 0 saturated heterocycles. The van der Waals surface area contributed by atoms with Crippen LogP contribution in [0.15, 0.2) is 35.9 Å². The van der Waals surface area contributed by atoms with Crippen LogP contribution in [-0.4, -0.2) is 13.2 Å². The van der Waals surface area contributed by atoms with Crippen molar-refractivity contribution in [1.82, 2.24) is 5.32 Å². The molecule has 0 aliphatic heterocycles. The smallest absolute Gasteiger partial charge is 0.174 e. The summed E-state index contributed by atoms with van der Waals surface area (Å²) in [6, 6.07) is 10.3. The molecule has 0 amide bonds. The van der Waals surface area contributed by atoms with Crippen molar-refractivity contribution in [3.63, 3.8) is 0 Å². The number of hydrogen-bond donors (Lipinski definition) is 1. The summed E-state index contributed by atoms with van der Waals surface area (Å²) in [5, 5.41) is 12.1. The fraction of sp³-hybridized carbons (Fsp3) is 0.500. The second kappa shape index (κ2) is 8.49. The van der Waals surface area contributed by atoms with E-state index >= 15 is 0 Å². The average Bonchev–Trinajstić information content (AvgIpc) is 2.54. The molecule has 3 heteroatoms. The van der Waals surface area contributed by atoms with E-state index in [1.165, 1.54) is 31.2 Å². The second-order valence-corrected chi connectivity index (χ2v) is 5.55. The van der Waals surface area contributed by atoms with Gasteiger partial charge in [-0.2, -0.15) is 5.26 Å². The van der Waals surface area contributed by atoms with Gasteiger partial charge in [0, 0.05) is 6.04 Å². The average molecular weight is 284 g/mol. The van der Waals surface area contributed by atoms with E-state index in [9.17, 15) is 0 Å². The van der Waals surface area contributed by atoms with Crippen molar-refractivity contribution < 1.29 is 4.74 Å². The van der Waals surface area contributed by atoms with E-state index in [-0.39, 0.29) is 6.61 Å². The Labute approximate surface area is 127 Å². The lowest BCUT2D eigenvalue weighted by Crippen LogP contribution is -2.20. The normalized spacial score (nSPS) is 15.9. The van der Waals surface area contributed by atoms with Crippen LogP contribution in [0.4, 0.5) is 0 Å². The van der Waals surface area contributed by atoms with E-state index in [1.807, 2.05) is 18.2 Å². The minimum absolute atomic E-state index is 0.0995. The Morgan fingerprint density at radius 3 is 2.76 bits per heavy atom. The van der Waals surface area contributed by atoms with Gasteiger partial charge >= 0.3 is 0 Å². The largest absolute Gasteiger partial charge is 0.479 e. The molecule has 1 aromatic carbocycles. The molecule has 0 spiro atoms. The van der Waals surface area contributed by atoms with Gasteiger partial charge in [-0.15, -0.1) is 0 Å². The van der Waals surface area contributed by atoms with E-state index in [0.717, 1.165) is 18.7 Å². The van der Waals surface area contributed by atoms with Crippen molar-refractivity contribution in [2.24, 2.45) is 0 Å². The number of nitriles is 1. The van der Waals surface area contributed by atoms with Crippen LogP contribution >= 0.6 is 0 Å². The molecule has 0 radical (unpaired) electrons. The van der Waals surface area contributed by atoms with E-state index < -0.39 is 0 Å². The predicted octanol–water partition coefficient (Wildman–Crippen LogP) is 4.13. The maximum atomic E-state index is 8.49. The number of allylic oxidation sites excluding steroid dienone is 1. The van der Waals surface area contributed by atoms with Crippen LogP contribution in [0.2, 0.25) is 0 Å². The molecule has 0 saturated carbocycles. The van der Waals surface area contributed by atoms with Crippen LogP contribution in [0.3, 0.4) is 0 Å². The van der Waals surface area contributed by atoms with Gasteiger partial charge in [-0.3, -0.25) is 0 Å². The third kappa shape index (κ3) is 5.24. The Kier molecular flexibility index (Phi) is 6.30. The maximum Gasteiger partial charge on any atom is 0.174 e. The maximum absolute atomic E-state index is 8.49. The highest BCUT2D eigenvalue weighted by Crippen LogP contribution is 2.21. The van der Waals surface area contributed by atoms with Crippen molar-refractivity contribution in [1.29, 1.82) is 5.26 Å². The molecule has 1 atom stereocenters. The molecule has 1 N–H and O–H groups in total. The highest BCUT2D eigenvalue weighted by atomic mass is 16.5. The number of nitrogens with one attached hydrogen (secondary N) is 1. The number of benzene rings is 1. The monoisotopic (exact) mass is 284 g/mol. The van der Waals surface area contributed by atoms with Gasteiger partial charge in [0.05, 0.1) is 0 Å². The molecule has 1 unspecified atom stereocenters. The quantitative estimate of drug-likeness (QED) is 0.766. The number of ether oxygens (including phenoxy) is 1. The van der Waals surface area contributed by atoms with Crippen LogP contribution in [0.5, 0.6) is 5.75 Å². The van der Waals surface area contributed by atoms with Crippen LogP contribution in [0.1, 0.15) is 50.6 Å². The van der Waals surface area contributed by atoms with Gasteiger partial charge in [-0.1, -0.05) is 23.8 Å². The zero-order chi connectivity index (χ0) is 14.9. The highest BCUT2D eigenvalue weighted by molar-refractivity contribution is 5.29. The molecule has 0 heterocycles. The lowest BCUT2D eigenvalue weighted by atomic mass is 9.97. The summed E-state index contributed by atoms with van der Waals surface area (Å²) in [5.74, 6) is 0.750. The summed E-state index contributed by atoms with van der Waals surface area (Å²) in [5.41, 5.74) is 2.86. The van der Waals surface area contributed by atoms with Crippen molar-refractivity contribution in [3.8, 4) is 11.8 Å². The van der Waals surface area contributed by atoms with Gasteiger partial charge in [-0.05, 0) is 63.3 Å². The molecule has 2 rings (SSSR count). The van der Waals surface area contributed by atoms with E-state index in [0.29, 0.717) is 6.04 Å². The van der Waals surface area contributed by atoms with Crippen LogP contribution in [0, 0.1) is 11.3 Å². The Balaban J connectivity index is 1.76. The van der Waals surface area contributed by atoms with Gasteiger partial charge in [-0.25, -0.2) is 0 Å². The van der Waals surface area contributed by atoms with Crippen molar-refractivity contribution in [2.45, 2.75) is 45.1 Å². The molecule has 1 aliphatic carbocycles. The van der Waals surface area contributed by atoms with E-state index in [2.05, 4.69) is 30.4 Å². The first-order chi connectivity index (χ1) is 10.3. The molecule has 3 nitrogen and oxygen atoms in total. The van der Waals surface area contributed by atoms with Crippen LogP contribution in [-0.2, 0) is 0 Å². The fourth-order valence-electron chi connectivity index (χ4n) is 2.67. The van der Waals surface area contributed by atoms with E-state index in [4.69, 9.17) is 10.00 Å². The van der Waals surface area contributed by atoms with Crippen LogP contribution in [0.25, 0.3) is 0 Å². The highest BCUT2D eigenvalue weighted by Gasteiger charge is 2.07. The predicted molar refractivity (Wildman–Crippen MR) is 85.1 cm³/mol.